The molecular weight excluding hydrogens is 339 g/mol. The van der Waals surface area contributed by atoms with Gasteiger partial charge in [-0.15, -0.1) is 0 Å². The van der Waals surface area contributed by atoms with Crippen LogP contribution in [0.5, 0.6) is 0 Å². The van der Waals surface area contributed by atoms with Crippen LogP contribution in [0.4, 0.5) is 10.1 Å². The molecule has 0 aromatic heterocycles. The Hall–Kier alpha value is -0.680. The van der Waals surface area contributed by atoms with E-state index < -0.39 is 0 Å². The van der Waals surface area contributed by atoms with Gasteiger partial charge in [-0.2, -0.15) is 0 Å². The third-order valence-electron chi connectivity index (χ3n) is 3.59. The van der Waals surface area contributed by atoms with E-state index in [-0.39, 0.29) is 10.8 Å². The quantitative estimate of drug-likeness (QED) is 0.730. The first-order valence-corrected chi connectivity index (χ1v) is 7.97. The van der Waals surface area contributed by atoms with Gasteiger partial charge in [0.05, 0.1) is 10.2 Å². The minimum atomic E-state index is -0.346. The van der Waals surface area contributed by atoms with Crippen LogP contribution in [0.25, 0.3) is 0 Å². The molecular formula is C15H22BrFN2S. The van der Waals surface area contributed by atoms with E-state index in [0.29, 0.717) is 33.5 Å². The van der Waals surface area contributed by atoms with Crippen LogP contribution >= 0.6 is 28.1 Å². The average Bonchev–Trinajstić information content (AvgIpc) is 2.33. The summed E-state index contributed by atoms with van der Waals surface area (Å²) in [7, 11) is 0. The van der Waals surface area contributed by atoms with E-state index in [2.05, 4.69) is 48.9 Å². The molecule has 1 aromatic rings. The number of benzene rings is 1. The van der Waals surface area contributed by atoms with Gasteiger partial charge in [0.1, 0.15) is 4.99 Å². The summed E-state index contributed by atoms with van der Waals surface area (Å²) in [5.41, 5.74) is 6.55. The molecule has 3 N–H and O–H groups in total. The minimum absolute atomic E-state index is 0.185. The molecule has 1 aromatic carbocycles. The minimum Gasteiger partial charge on any atom is -0.389 e. The number of halogens is 2. The molecule has 0 atom stereocenters. The maximum absolute atomic E-state index is 14.3. The fourth-order valence-corrected chi connectivity index (χ4v) is 3.21. The van der Waals surface area contributed by atoms with Gasteiger partial charge in [0.15, 0.2) is 5.82 Å². The van der Waals surface area contributed by atoms with Crippen molar-refractivity contribution in [1.29, 1.82) is 0 Å². The molecule has 0 spiro atoms. The molecule has 112 valence electrons. The predicted octanol–water partition coefficient (Wildman–Crippen LogP) is 4.56. The Labute approximate surface area is 134 Å². The zero-order chi connectivity index (χ0) is 15.4. The first kappa shape index (κ1) is 17.4. The molecule has 0 aliphatic rings. The summed E-state index contributed by atoms with van der Waals surface area (Å²) < 4.78 is 14.6. The fraction of sp³-hybridized carbons (Fsp3) is 0.533. The zero-order valence-corrected chi connectivity index (χ0v) is 14.7. The highest BCUT2D eigenvalue weighted by molar-refractivity contribution is 9.10. The Morgan fingerprint density at radius 1 is 1.30 bits per heavy atom. The van der Waals surface area contributed by atoms with Crippen molar-refractivity contribution >= 4 is 38.8 Å². The first-order chi connectivity index (χ1) is 9.25. The zero-order valence-electron chi connectivity index (χ0n) is 12.3. The molecule has 0 saturated carbocycles. The molecule has 0 aliphatic heterocycles. The normalized spacial score (nSPS) is 11.4. The van der Waals surface area contributed by atoms with Crippen LogP contribution in [0.3, 0.4) is 0 Å². The number of anilines is 1. The Balaban J connectivity index is 2.89. The average molecular weight is 361 g/mol. The molecule has 0 heterocycles. The Kier molecular flexibility index (Phi) is 6.40. The lowest BCUT2D eigenvalue weighted by Crippen LogP contribution is -2.25. The number of hydrogen-bond acceptors (Lipinski definition) is 2. The van der Waals surface area contributed by atoms with Crippen LogP contribution in [0.1, 0.15) is 33.3 Å². The highest BCUT2D eigenvalue weighted by atomic mass is 79.9. The number of nitrogens with two attached hydrogens (primary N) is 1. The van der Waals surface area contributed by atoms with Gasteiger partial charge in [0.25, 0.3) is 0 Å². The predicted molar refractivity (Wildman–Crippen MR) is 91.6 cm³/mol. The molecule has 0 saturated heterocycles. The van der Waals surface area contributed by atoms with E-state index in [9.17, 15) is 4.39 Å². The van der Waals surface area contributed by atoms with E-state index in [1.165, 1.54) is 0 Å². The summed E-state index contributed by atoms with van der Waals surface area (Å²) in [6.45, 7) is 9.50. The molecule has 5 heteroatoms. The topological polar surface area (TPSA) is 38.0 Å². The van der Waals surface area contributed by atoms with Gasteiger partial charge in [-0.25, -0.2) is 4.39 Å². The lowest BCUT2D eigenvalue weighted by molar-refractivity contribution is 0.304. The van der Waals surface area contributed by atoms with Crippen molar-refractivity contribution in [1.82, 2.24) is 0 Å². The summed E-state index contributed by atoms with van der Waals surface area (Å²) in [5.74, 6) is 1.24. The number of thiocarbonyl (C=S) groups is 1. The number of nitrogens with one attached hydrogen (secondary N) is 1. The highest BCUT2D eigenvalue weighted by Crippen LogP contribution is 2.28. The molecule has 2 nitrogen and oxygen atoms in total. The second kappa shape index (κ2) is 7.36. The third kappa shape index (κ3) is 4.16. The van der Waals surface area contributed by atoms with E-state index in [1.54, 1.807) is 12.1 Å². The summed E-state index contributed by atoms with van der Waals surface area (Å²) in [6, 6.07) is 3.42. The summed E-state index contributed by atoms with van der Waals surface area (Å²) in [6.07, 6.45) is 0. The van der Waals surface area contributed by atoms with Crippen molar-refractivity contribution in [3.8, 4) is 0 Å². The summed E-state index contributed by atoms with van der Waals surface area (Å²) >= 11 is 8.10. The Morgan fingerprint density at radius 3 is 2.30 bits per heavy atom. The van der Waals surface area contributed by atoms with Crippen LogP contribution < -0.4 is 11.1 Å². The first-order valence-electron chi connectivity index (χ1n) is 6.77. The van der Waals surface area contributed by atoms with Crippen molar-refractivity contribution in [3.05, 3.63) is 28.0 Å². The third-order valence-corrected chi connectivity index (χ3v) is 4.58. The lowest BCUT2D eigenvalue weighted by Gasteiger charge is -2.25. The molecule has 0 amide bonds. The van der Waals surface area contributed by atoms with E-state index in [1.807, 2.05) is 0 Å². The van der Waals surface area contributed by atoms with Crippen LogP contribution in [-0.2, 0) is 0 Å². The Morgan fingerprint density at radius 2 is 1.85 bits per heavy atom. The standard InChI is InChI=1S/C15H22BrFN2S/c1-8(2)11(9(3)4)7-19-12-6-5-10(15(18)20)13(16)14(12)17/h5-6,8-9,11,19H,7H2,1-4H3,(H2,18,20). The maximum atomic E-state index is 14.3. The molecule has 20 heavy (non-hydrogen) atoms. The second-order valence-corrected chi connectivity index (χ2v) is 6.92. The fourth-order valence-electron chi connectivity index (χ4n) is 2.35. The second-order valence-electron chi connectivity index (χ2n) is 5.69. The smallest absolute Gasteiger partial charge is 0.161 e. The van der Waals surface area contributed by atoms with Crippen molar-refractivity contribution in [2.75, 3.05) is 11.9 Å². The SMILES string of the molecule is CC(C)C(CNc1ccc(C(N)=S)c(Br)c1F)C(C)C. The molecule has 0 aliphatic carbocycles. The molecule has 0 radical (unpaired) electrons. The van der Waals surface area contributed by atoms with Gasteiger partial charge >= 0.3 is 0 Å². The highest BCUT2D eigenvalue weighted by Gasteiger charge is 2.19. The maximum Gasteiger partial charge on any atom is 0.161 e. The largest absolute Gasteiger partial charge is 0.389 e. The van der Waals surface area contributed by atoms with Gasteiger partial charge < -0.3 is 11.1 Å². The van der Waals surface area contributed by atoms with Gasteiger partial charge in [-0.3, -0.25) is 0 Å². The Bertz CT molecular complexity index is 481. The van der Waals surface area contributed by atoms with Crippen LogP contribution in [0.2, 0.25) is 0 Å². The van der Waals surface area contributed by atoms with Crippen LogP contribution in [-0.4, -0.2) is 11.5 Å². The number of rotatable bonds is 6. The van der Waals surface area contributed by atoms with Crippen molar-refractivity contribution in [2.45, 2.75) is 27.7 Å². The number of hydrogen-bond donors (Lipinski definition) is 2. The monoisotopic (exact) mass is 360 g/mol. The van der Waals surface area contributed by atoms with Crippen LogP contribution in [0, 0.1) is 23.6 Å². The van der Waals surface area contributed by atoms with Gasteiger partial charge in [0, 0.05) is 12.1 Å². The summed E-state index contributed by atoms with van der Waals surface area (Å²) in [4.78, 5) is 0.185. The molecule has 1 rings (SSSR count). The van der Waals surface area contributed by atoms with Gasteiger partial charge in [-0.05, 0) is 45.8 Å². The molecule has 0 fully saturated rings. The van der Waals surface area contributed by atoms with Gasteiger partial charge in [-0.1, -0.05) is 39.9 Å². The van der Waals surface area contributed by atoms with E-state index >= 15 is 0 Å². The summed E-state index contributed by atoms with van der Waals surface area (Å²) in [5, 5.41) is 3.19. The molecule has 0 unspecified atom stereocenters. The van der Waals surface area contributed by atoms with E-state index in [0.717, 1.165) is 6.54 Å². The van der Waals surface area contributed by atoms with Crippen LogP contribution in [0.15, 0.2) is 16.6 Å². The van der Waals surface area contributed by atoms with Crippen molar-refractivity contribution in [2.24, 2.45) is 23.5 Å². The van der Waals surface area contributed by atoms with Crippen molar-refractivity contribution in [3.63, 3.8) is 0 Å². The van der Waals surface area contributed by atoms with Gasteiger partial charge in [0.2, 0.25) is 0 Å². The lowest BCUT2D eigenvalue weighted by atomic mass is 9.85. The molecule has 0 bridgehead atoms. The van der Waals surface area contributed by atoms with E-state index in [4.69, 9.17) is 18.0 Å². The van der Waals surface area contributed by atoms with Crippen molar-refractivity contribution < 1.29 is 4.39 Å².